The average molecular weight is 199 g/mol. The molecule has 3 nitrogen and oxygen atoms in total. The van der Waals surface area contributed by atoms with Crippen molar-refractivity contribution in [3.63, 3.8) is 0 Å². The second-order valence-electron chi connectivity index (χ2n) is 4.69. The van der Waals surface area contributed by atoms with Gasteiger partial charge < -0.3 is 15.1 Å². The Hall–Kier alpha value is -0.120. The number of rotatable bonds is 4. The molecule has 84 valence electrons. The van der Waals surface area contributed by atoms with Crippen molar-refractivity contribution in [1.82, 2.24) is 15.1 Å². The van der Waals surface area contributed by atoms with E-state index in [1.807, 2.05) is 7.05 Å². The first-order chi connectivity index (χ1) is 6.63. The lowest BCUT2D eigenvalue weighted by Crippen LogP contribution is -2.48. The highest BCUT2D eigenvalue weighted by atomic mass is 15.2. The fourth-order valence-electron chi connectivity index (χ4n) is 2.17. The maximum Gasteiger partial charge on any atom is 0.0221 e. The van der Waals surface area contributed by atoms with E-state index in [0.717, 1.165) is 12.6 Å². The van der Waals surface area contributed by atoms with Crippen molar-refractivity contribution in [3.05, 3.63) is 0 Å². The monoisotopic (exact) mass is 199 g/mol. The Labute approximate surface area is 88.5 Å². The van der Waals surface area contributed by atoms with Gasteiger partial charge in [0.1, 0.15) is 0 Å². The van der Waals surface area contributed by atoms with E-state index in [0.29, 0.717) is 6.04 Å². The van der Waals surface area contributed by atoms with E-state index >= 15 is 0 Å². The van der Waals surface area contributed by atoms with Crippen molar-refractivity contribution < 1.29 is 0 Å². The Morgan fingerprint density at radius 1 is 1.57 bits per heavy atom. The third-order valence-electron chi connectivity index (χ3n) is 3.28. The minimum absolute atomic E-state index is 0.590. The number of piperidine rings is 1. The Morgan fingerprint density at radius 3 is 2.86 bits per heavy atom. The zero-order valence-corrected chi connectivity index (χ0v) is 10.1. The van der Waals surface area contributed by atoms with Crippen LogP contribution < -0.4 is 5.32 Å². The molecule has 0 aromatic heterocycles. The molecule has 1 rings (SSSR count). The lowest BCUT2D eigenvalue weighted by molar-refractivity contribution is 0.128. The Bertz CT molecular complexity index is 161. The van der Waals surface area contributed by atoms with Crippen molar-refractivity contribution in [2.24, 2.45) is 0 Å². The summed E-state index contributed by atoms with van der Waals surface area (Å²) in [5.74, 6) is 0. The Balaban J connectivity index is 2.31. The van der Waals surface area contributed by atoms with E-state index in [4.69, 9.17) is 0 Å². The van der Waals surface area contributed by atoms with Crippen LogP contribution in [-0.4, -0.2) is 62.7 Å². The summed E-state index contributed by atoms with van der Waals surface area (Å²) in [6.45, 7) is 5.89. The van der Waals surface area contributed by atoms with Crippen LogP contribution in [0.15, 0.2) is 0 Å². The van der Waals surface area contributed by atoms with Crippen molar-refractivity contribution >= 4 is 0 Å². The van der Waals surface area contributed by atoms with Crippen LogP contribution >= 0.6 is 0 Å². The van der Waals surface area contributed by atoms with Gasteiger partial charge in [-0.3, -0.25) is 0 Å². The van der Waals surface area contributed by atoms with Crippen LogP contribution in [0, 0.1) is 0 Å². The molecule has 0 radical (unpaired) electrons. The van der Waals surface area contributed by atoms with Gasteiger partial charge in [0.05, 0.1) is 0 Å². The van der Waals surface area contributed by atoms with Crippen LogP contribution in [0.25, 0.3) is 0 Å². The molecule has 0 aromatic carbocycles. The Kier molecular flexibility index (Phi) is 4.85. The first-order valence-corrected chi connectivity index (χ1v) is 5.69. The fourth-order valence-corrected chi connectivity index (χ4v) is 2.17. The van der Waals surface area contributed by atoms with Gasteiger partial charge in [-0.1, -0.05) is 0 Å². The van der Waals surface area contributed by atoms with Gasteiger partial charge in [0, 0.05) is 25.2 Å². The molecule has 14 heavy (non-hydrogen) atoms. The maximum atomic E-state index is 3.29. The van der Waals surface area contributed by atoms with E-state index < -0.39 is 0 Å². The van der Waals surface area contributed by atoms with Gasteiger partial charge in [-0.05, 0) is 47.5 Å². The zero-order valence-electron chi connectivity index (χ0n) is 10.1. The maximum absolute atomic E-state index is 3.29. The molecule has 1 aliphatic rings. The normalized spacial score (nSPS) is 26.8. The van der Waals surface area contributed by atoms with Gasteiger partial charge >= 0.3 is 0 Å². The lowest BCUT2D eigenvalue weighted by atomic mass is 10.0. The highest BCUT2D eigenvalue weighted by Crippen LogP contribution is 2.13. The van der Waals surface area contributed by atoms with Crippen LogP contribution in [0.5, 0.6) is 0 Å². The van der Waals surface area contributed by atoms with E-state index in [1.54, 1.807) is 0 Å². The molecular formula is C11H25N3. The summed E-state index contributed by atoms with van der Waals surface area (Å²) in [6, 6.07) is 1.34. The molecule has 0 spiro atoms. The molecule has 1 N–H and O–H groups in total. The predicted molar refractivity (Wildman–Crippen MR) is 61.7 cm³/mol. The molecular weight excluding hydrogens is 174 g/mol. The molecule has 2 unspecified atom stereocenters. The molecule has 0 aliphatic carbocycles. The van der Waals surface area contributed by atoms with Crippen molar-refractivity contribution in [2.75, 3.05) is 40.8 Å². The van der Waals surface area contributed by atoms with Gasteiger partial charge in [-0.15, -0.1) is 0 Å². The minimum Gasteiger partial charge on any atom is -0.316 e. The second kappa shape index (κ2) is 5.69. The molecule has 0 amide bonds. The Morgan fingerprint density at radius 2 is 2.29 bits per heavy atom. The molecule has 0 aromatic rings. The quantitative estimate of drug-likeness (QED) is 0.716. The average Bonchev–Trinajstić information content (AvgIpc) is 2.17. The number of hydrogen-bond acceptors (Lipinski definition) is 3. The SMILES string of the molecule is CNC(C)CN(C)C1CCCN(C)C1. The van der Waals surface area contributed by atoms with Gasteiger partial charge in [-0.25, -0.2) is 0 Å². The first-order valence-electron chi connectivity index (χ1n) is 5.69. The van der Waals surface area contributed by atoms with E-state index in [9.17, 15) is 0 Å². The van der Waals surface area contributed by atoms with E-state index in [2.05, 4.69) is 36.1 Å². The largest absolute Gasteiger partial charge is 0.316 e. The van der Waals surface area contributed by atoms with Gasteiger partial charge in [0.15, 0.2) is 0 Å². The lowest BCUT2D eigenvalue weighted by Gasteiger charge is -2.36. The number of likely N-dealkylation sites (tertiary alicyclic amines) is 1. The highest BCUT2D eigenvalue weighted by molar-refractivity contribution is 4.79. The summed E-state index contributed by atoms with van der Waals surface area (Å²) in [4.78, 5) is 4.94. The zero-order chi connectivity index (χ0) is 10.6. The molecule has 1 saturated heterocycles. The standard InChI is InChI=1S/C11H25N3/c1-10(12-2)8-14(4)11-6-5-7-13(3)9-11/h10-12H,5-9H2,1-4H3. The van der Waals surface area contributed by atoms with Gasteiger partial charge in [-0.2, -0.15) is 0 Å². The van der Waals surface area contributed by atoms with Crippen LogP contribution in [0.4, 0.5) is 0 Å². The van der Waals surface area contributed by atoms with E-state index in [-0.39, 0.29) is 0 Å². The minimum atomic E-state index is 0.590. The topological polar surface area (TPSA) is 18.5 Å². The summed E-state index contributed by atoms with van der Waals surface area (Å²) >= 11 is 0. The molecule has 1 aliphatic heterocycles. The van der Waals surface area contributed by atoms with Crippen molar-refractivity contribution in [1.29, 1.82) is 0 Å². The highest BCUT2D eigenvalue weighted by Gasteiger charge is 2.21. The summed E-state index contributed by atoms with van der Waals surface area (Å²) in [6.07, 6.45) is 2.71. The van der Waals surface area contributed by atoms with Crippen LogP contribution in [0.2, 0.25) is 0 Å². The molecule has 3 heteroatoms. The van der Waals surface area contributed by atoms with Crippen LogP contribution in [0.1, 0.15) is 19.8 Å². The molecule has 1 heterocycles. The molecule has 1 fully saturated rings. The molecule has 0 bridgehead atoms. The second-order valence-corrected chi connectivity index (χ2v) is 4.69. The third kappa shape index (κ3) is 3.56. The van der Waals surface area contributed by atoms with Crippen molar-refractivity contribution in [3.8, 4) is 0 Å². The number of likely N-dealkylation sites (N-methyl/N-ethyl adjacent to an activating group) is 3. The van der Waals surface area contributed by atoms with E-state index in [1.165, 1.54) is 25.9 Å². The van der Waals surface area contributed by atoms with Crippen LogP contribution in [0.3, 0.4) is 0 Å². The van der Waals surface area contributed by atoms with Gasteiger partial charge in [0.25, 0.3) is 0 Å². The van der Waals surface area contributed by atoms with Crippen LogP contribution in [-0.2, 0) is 0 Å². The smallest absolute Gasteiger partial charge is 0.0221 e. The third-order valence-corrected chi connectivity index (χ3v) is 3.28. The summed E-state index contributed by atoms with van der Waals surface area (Å²) < 4.78 is 0. The van der Waals surface area contributed by atoms with Crippen molar-refractivity contribution in [2.45, 2.75) is 31.8 Å². The molecule has 0 saturated carbocycles. The number of nitrogens with zero attached hydrogens (tertiary/aromatic N) is 2. The fraction of sp³-hybridized carbons (Fsp3) is 1.00. The number of hydrogen-bond donors (Lipinski definition) is 1. The summed E-state index contributed by atoms with van der Waals surface area (Å²) in [7, 11) is 6.50. The predicted octanol–water partition coefficient (Wildman–Crippen LogP) is 0.620. The van der Waals surface area contributed by atoms with Gasteiger partial charge in [0.2, 0.25) is 0 Å². The molecule has 2 atom stereocenters. The summed E-state index contributed by atoms with van der Waals surface area (Å²) in [5, 5.41) is 3.29. The summed E-state index contributed by atoms with van der Waals surface area (Å²) in [5.41, 5.74) is 0. The number of nitrogens with one attached hydrogen (secondary N) is 1. The first kappa shape index (κ1) is 12.0.